The molecule has 0 aliphatic rings. The first-order chi connectivity index (χ1) is 18.3. The molecule has 0 unspecified atom stereocenters. The molecule has 3 aromatic carbocycles. The molecule has 3 aromatic rings. The molecule has 0 aliphatic heterocycles. The van der Waals surface area contributed by atoms with E-state index in [4.69, 9.17) is 5.73 Å². The van der Waals surface area contributed by atoms with Gasteiger partial charge in [-0.05, 0) is 71.5 Å². The molecule has 0 spiro atoms. The third-order valence-corrected chi connectivity index (χ3v) is 6.27. The van der Waals surface area contributed by atoms with Gasteiger partial charge in [-0.25, -0.2) is 0 Å². The predicted molar refractivity (Wildman–Crippen MR) is 167 cm³/mol. The van der Waals surface area contributed by atoms with Gasteiger partial charge in [-0.15, -0.1) is 5.73 Å². The number of benzene rings is 3. The van der Waals surface area contributed by atoms with Gasteiger partial charge in [0.25, 0.3) is 0 Å². The number of nitrogens with one attached hydrogen (secondary N) is 1. The van der Waals surface area contributed by atoms with Gasteiger partial charge < -0.3 is 16.0 Å². The Labute approximate surface area is 228 Å². The van der Waals surface area contributed by atoms with E-state index >= 15 is 0 Å². The highest BCUT2D eigenvalue weighted by molar-refractivity contribution is 6.05. The van der Waals surface area contributed by atoms with Gasteiger partial charge >= 0.3 is 0 Å². The molecule has 0 amide bonds. The van der Waals surface area contributed by atoms with Crippen molar-refractivity contribution >= 4 is 28.5 Å². The lowest BCUT2D eigenvalue weighted by Crippen LogP contribution is -2.27. The molecule has 3 rings (SSSR count). The summed E-state index contributed by atoms with van der Waals surface area (Å²) in [7, 11) is 4.06. The fourth-order valence-corrected chi connectivity index (χ4v) is 4.20. The molecule has 192 valence electrons. The zero-order chi connectivity index (χ0) is 27.7. The standard InChI is InChI=1S/C35H37N3/c1-8-10-15-30-24-31(19-18-25(30)3)33(14-9-2)27(5)37-35(38(6)7)34(29-16-12-11-13-17-29)26(4)28-20-22-32(36)23-21-28/h8,10-24,37H,1-2,4,36H2,3,5-7H3/b15-10-,33-27+,35-34+. The third-order valence-electron chi connectivity index (χ3n) is 6.27. The summed E-state index contributed by atoms with van der Waals surface area (Å²) in [6, 6.07) is 24.5. The van der Waals surface area contributed by atoms with E-state index in [1.54, 1.807) is 6.08 Å². The van der Waals surface area contributed by atoms with E-state index in [1.165, 1.54) is 5.56 Å². The lowest BCUT2D eigenvalue weighted by molar-refractivity contribution is 0.481. The largest absolute Gasteiger partial charge is 0.399 e. The van der Waals surface area contributed by atoms with Crippen LogP contribution in [-0.4, -0.2) is 19.0 Å². The normalized spacial score (nSPS) is 12.2. The van der Waals surface area contributed by atoms with Crippen LogP contribution in [0, 0.1) is 6.92 Å². The number of rotatable bonds is 10. The molecule has 38 heavy (non-hydrogen) atoms. The fraction of sp³-hybridized carbons (Fsp3) is 0.114. The van der Waals surface area contributed by atoms with Crippen molar-refractivity contribution in [2.75, 3.05) is 19.8 Å². The Morgan fingerprint density at radius 2 is 1.61 bits per heavy atom. The molecule has 3 nitrogen and oxygen atoms in total. The van der Waals surface area contributed by atoms with E-state index in [-0.39, 0.29) is 0 Å². The van der Waals surface area contributed by atoms with Crippen LogP contribution in [0.1, 0.15) is 34.7 Å². The fourth-order valence-electron chi connectivity index (χ4n) is 4.20. The van der Waals surface area contributed by atoms with Gasteiger partial charge in [-0.1, -0.05) is 92.6 Å². The Kier molecular flexibility index (Phi) is 9.54. The summed E-state index contributed by atoms with van der Waals surface area (Å²) in [4.78, 5) is 2.08. The number of nitrogens with zero attached hydrogens (tertiary/aromatic N) is 1. The van der Waals surface area contributed by atoms with Crippen LogP contribution < -0.4 is 11.1 Å². The smallest absolute Gasteiger partial charge is 0.114 e. The number of nitrogen functional groups attached to an aromatic ring is 1. The first-order valence-corrected chi connectivity index (χ1v) is 12.5. The highest BCUT2D eigenvalue weighted by atomic mass is 15.2. The topological polar surface area (TPSA) is 41.3 Å². The lowest BCUT2D eigenvalue weighted by atomic mass is 9.92. The summed E-state index contributed by atoms with van der Waals surface area (Å²) in [5.41, 5.74) is 19.0. The zero-order valence-electron chi connectivity index (χ0n) is 22.9. The maximum absolute atomic E-state index is 5.96. The molecule has 0 saturated heterocycles. The monoisotopic (exact) mass is 499 g/mol. The minimum Gasteiger partial charge on any atom is -0.399 e. The van der Waals surface area contributed by atoms with Crippen molar-refractivity contribution in [3.05, 3.63) is 156 Å². The van der Waals surface area contributed by atoms with Crippen LogP contribution in [0.2, 0.25) is 0 Å². The van der Waals surface area contributed by atoms with Crippen LogP contribution >= 0.6 is 0 Å². The second kappa shape index (κ2) is 13.0. The summed E-state index contributed by atoms with van der Waals surface area (Å²) in [5, 5.41) is 3.70. The van der Waals surface area contributed by atoms with Crippen LogP contribution in [0.3, 0.4) is 0 Å². The van der Waals surface area contributed by atoms with Gasteiger partial charge in [-0.3, -0.25) is 0 Å². The van der Waals surface area contributed by atoms with Crippen LogP contribution in [0.5, 0.6) is 0 Å². The highest BCUT2D eigenvalue weighted by Crippen LogP contribution is 2.34. The Morgan fingerprint density at radius 1 is 0.947 bits per heavy atom. The van der Waals surface area contributed by atoms with Crippen molar-refractivity contribution < 1.29 is 0 Å². The number of allylic oxidation sites excluding steroid dienone is 7. The molecule has 0 aliphatic carbocycles. The molecule has 0 saturated carbocycles. The molecule has 0 bridgehead atoms. The van der Waals surface area contributed by atoms with Crippen LogP contribution in [0.25, 0.3) is 22.8 Å². The highest BCUT2D eigenvalue weighted by Gasteiger charge is 2.18. The molecular formula is C35H37N3. The van der Waals surface area contributed by atoms with Gasteiger partial charge in [0.05, 0.1) is 0 Å². The van der Waals surface area contributed by atoms with Crippen LogP contribution in [-0.2, 0) is 0 Å². The molecule has 0 aromatic heterocycles. The van der Waals surface area contributed by atoms with Gasteiger partial charge in [-0.2, -0.15) is 0 Å². The molecule has 0 heterocycles. The van der Waals surface area contributed by atoms with Gasteiger partial charge in [0.1, 0.15) is 5.82 Å². The van der Waals surface area contributed by atoms with E-state index in [0.29, 0.717) is 0 Å². The average molecular weight is 500 g/mol. The number of anilines is 1. The van der Waals surface area contributed by atoms with Crippen molar-refractivity contribution in [2.24, 2.45) is 0 Å². The summed E-state index contributed by atoms with van der Waals surface area (Å²) in [6.45, 7) is 16.3. The number of hydrogen-bond donors (Lipinski definition) is 2. The quantitative estimate of drug-likeness (QED) is 0.168. The Hall–Kier alpha value is -4.72. The first-order valence-electron chi connectivity index (χ1n) is 12.5. The van der Waals surface area contributed by atoms with Crippen LogP contribution in [0.4, 0.5) is 5.69 Å². The Morgan fingerprint density at radius 3 is 2.21 bits per heavy atom. The molecular weight excluding hydrogens is 462 g/mol. The summed E-state index contributed by atoms with van der Waals surface area (Å²) in [6.07, 6.45) is 7.72. The predicted octanol–water partition coefficient (Wildman–Crippen LogP) is 8.08. The molecule has 0 radical (unpaired) electrons. The Bertz CT molecular complexity index is 1440. The Balaban J connectivity index is 2.22. The van der Waals surface area contributed by atoms with Gasteiger partial charge in [0.2, 0.25) is 0 Å². The number of hydrogen-bond acceptors (Lipinski definition) is 3. The van der Waals surface area contributed by atoms with Gasteiger partial charge in [0, 0.05) is 36.6 Å². The minimum atomic E-state index is 0.720. The molecule has 0 fully saturated rings. The van der Waals surface area contributed by atoms with Crippen molar-refractivity contribution in [3.8, 4) is 0 Å². The second-order valence-corrected chi connectivity index (χ2v) is 9.26. The van der Waals surface area contributed by atoms with Crippen molar-refractivity contribution in [1.29, 1.82) is 0 Å². The van der Waals surface area contributed by atoms with E-state index in [2.05, 4.69) is 85.9 Å². The van der Waals surface area contributed by atoms with Gasteiger partial charge in [0.15, 0.2) is 0 Å². The van der Waals surface area contributed by atoms with E-state index < -0.39 is 0 Å². The average Bonchev–Trinajstić information content (AvgIpc) is 2.91. The van der Waals surface area contributed by atoms with Crippen molar-refractivity contribution in [2.45, 2.75) is 13.8 Å². The van der Waals surface area contributed by atoms with E-state index in [0.717, 1.165) is 56.2 Å². The SMILES string of the molecule is C=C=C/C(=C(/C)N/C(=C(/C(=C)c1ccc(N)cc1)c1ccccc1)N(C)C)c1ccc(C)c(/C=C\C=C)c1. The summed E-state index contributed by atoms with van der Waals surface area (Å²) < 4.78 is 0. The first kappa shape index (κ1) is 27.9. The summed E-state index contributed by atoms with van der Waals surface area (Å²) >= 11 is 0. The minimum absolute atomic E-state index is 0.720. The summed E-state index contributed by atoms with van der Waals surface area (Å²) in [5.74, 6) is 0.921. The maximum Gasteiger partial charge on any atom is 0.114 e. The maximum atomic E-state index is 5.96. The van der Waals surface area contributed by atoms with Crippen molar-refractivity contribution in [3.63, 3.8) is 0 Å². The van der Waals surface area contributed by atoms with E-state index in [1.807, 2.05) is 68.7 Å². The third kappa shape index (κ3) is 6.73. The molecule has 3 N–H and O–H groups in total. The number of aryl methyl sites for hydroxylation is 1. The lowest BCUT2D eigenvalue weighted by Gasteiger charge is -2.26. The second-order valence-electron chi connectivity index (χ2n) is 9.26. The zero-order valence-corrected chi connectivity index (χ0v) is 22.9. The molecule has 3 heteroatoms. The number of nitrogens with two attached hydrogens (primary N) is 1. The molecule has 0 atom stereocenters. The van der Waals surface area contributed by atoms with E-state index in [9.17, 15) is 0 Å². The van der Waals surface area contributed by atoms with Crippen LogP contribution in [0.15, 0.2) is 128 Å². The van der Waals surface area contributed by atoms with Crippen molar-refractivity contribution in [1.82, 2.24) is 10.2 Å².